The molecule has 3 heteroatoms. The summed E-state index contributed by atoms with van der Waals surface area (Å²) < 4.78 is 9.18. The lowest BCUT2D eigenvalue weighted by atomic mass is 9.94. The average Bonchev–Trinajstić information content (AvgIpc) is 3.68. The Labute approximate surface area is 294 Å². The van der Waals surface area contributed by atoms with E-state index in [1.54, 1.807) is 0 Å². The van der Waals surface area contributed by atoms with Crippen LogP contribution in [0.25, 0.3) is 65.5 Å². The minimum absolute atomic E-state index is 0.753. The predicted octanol–water partition coefficient (Wildman–Crippen LogP) is 11.8. The molecular weight excluding hydrogens is 627 g/mol. The summed E-state index contributed by atoms with van der Waals surface area (Å²) in [6, 6.07) is 59.0. The fourth-order valence-electron chi connectivity index (χ4n) is 7.66. The summed E-state index contributed by atoms with van der Waals surface area (Å²) in [5.74, 6) is 1.00. The fraction of sp³-hybridized carbons (Fsp3) is 0.0213. The smallest absolute Gasteiger partial charge is 0.135 e. The molecule has 0 aliphatic heterocycles. The molecule has 0 unspecified atom stereocenters. The third-order valence-corrected chi connectivity index (χ3v) is 11.1. The Balaban J connectivity index is 1.28. The molecule has 10 rings (SSSR count). The first-order valence-corrected chi connectivity index (χ1v) is 17.9. The van der Waals surface area contributed by atoms with Gasteiger partial charge in [0, 0.05) is 44.0 Å². The van der Waals surface area contributed by atoms with E-state index in [0.29, 0.717) is 0 Å². The third kappa shape index (κ3) is 4.62. The zero-order valence-electron chi connectivity index (χ0n) is 27.2. The molecule has 2 aromatic heterocycles. The van der Waals surface area contributed by atoms with Crippen LogP contribution in [-0.2, 0) is 6.42 Å². The molecule has 0 N–H and O–H groups in total. The number of benzene rings is 7. The van der Waals surface area contributed by atoms with Crippen LogP contribution in [-0.4, -0.2) is 0 Å². The number of anilines is 3. The number of fused-ring (bicyclic) bond motifs is 7. The van der Waals surface area contributed by atoms with Crippen molar-refractivity contribution in [2.75, 3.05) is 4.90 Å². The number of furan rings is 1. The summed E-state index contributed by atoms with van der Waals surface area (Å²) in [5, 5.41) is 6.17. The van der Waals surface area contributed by atoms with Gasteiger partial charge >= 0.3 is 0 Å². The van der Waals surface area contributed by atoms with Gasteiger partial charge in [-0.2, -0.15) is 0 Å². The largest absolute Gasteiger partial charge is 0.460 e. The topological polar surface area (TPSA) is 16.4 Å². The minimum Gasteiger partial charge on any atom is -0.460 e. The number of para-hydroxylation sites is 2. The number of nitrogens with zero attached hydrogens (tertiary/aromatic N) is 1. The highest BCUT2D eigenvalue weighted by Crippen LogP contribution is 2.50. The van der Waals surface area contributed by atoms with Crippen LogP contribution in [0.2, 0.25) is 0 Å². The first-order chi connectivity index (χ1) is 24.8. The average molecular weight is 658 g/mol. The highest BCUT2D eigenvalue weighted by atomic mass is 32.1. The molecule has 1 aliphatic carbocycles. The van der Waals surface area contributed by atoms with Crippen molar-refractivity contribution >= 4 is 71.7 Å². The van der Waals surface area contributed by atoms with E-state index >= 15 is 0 Å². The minimum atomic E-state index is 0.753. The molecule has 50 heavy (non-hydrogen) atoms. The molecule has 0 saturated heterocycles. The van der Waals surface area contributed by atoms with Crippen LogP contribution in [0.4, 0.5) is 17.1 Å². The molecule has 0 spiro atoms. The lowest BCUT2D eigenvalue weighted by Crippen LogP contribution is -2.22. The summed E-state index contributed by atoms with van der Waals surface area (Å²) in [5.41, 5.74) is 10.1. The normalized spacial score (nSPS) is 12.2. The number of hydrogen-bond acceptors (Lipinski definition) is 3. The summed E-state index contributed by atoms with van der Waals surface area (Å²) >= 11 is 1.86. The lowest BCUT2D eigenvalue weighted by molar-refractivity contribution is 0.568. The first kappa shape index (κ1) is 28.8. The van der Waals surface area contributed by atoms with E-state index in [1.165, 1.54) is 41.7 Å². The van der Waals surface area contributed by atoms with Gasteiger partial charge in [-0.3, -0.25) is 0 Å². The van der Waals surface area contributed by atoms with Gasteiger partial charge in [0.05, 0.1) is 21.8 Å². The molecule has 2 heterocycles. The Bertz CT molecular complexity index is 2860. The number of hydrogen-bond donors (Lipinski definition) is 0. The Hall–Kier alpha value is -6.16. The molecule has 0 saturated carbocycles. The number of rotatable bonds is 5. The molecule has 2 nitrogen and oxygen atoms in total. The lowest BCUT2D eigenvalue weighted by Gasteiger charge is -2.30. The highest BCUT2D eigenvalue weighted by Gasteiger charge is 2.25. The second-order valence-corrected chi connectivity index (χ2v) is 13.8. The van der Waals surface area contributed by atoms with Crippen LogP contribution < -0.4 is 15.3 Å². The van der Waals surface area contributed by atoms with Crippen molar-refractivity contribution in [3.63, 3.8) is 0 Å². The second kappa shape index (κ2) is 11.8. The predicted molar refractivity (Wildman–Crippen MR) is 212 cm³/mol. The third-order valence-electron chi connectivity index (χ3n) is 9.92. The monoisotopic (exact) mass is 657 g/mol. The van der Waals surface area contributed by atoms with E-state index in [4.69, 9.17) is 4.42 Å². The molecular formula is C47H31NOS. The van der Waals surface area contributed by atoms with Crippen LogP contribution >= 0.6 is 11.3 Å². The van der Waals surface area contributed by atoms with Crippen molar-refractivity contribution in [1.29, 1.82) is 0 Å². The molecule has 7 aromatic carbocycles. The first-order valence-electron chi connectivity index (χ1n) is 17.1. The molecule has 0 amide bonds. The van der Waals surface area contributed by atoms with Gasteiger partial charge in [-0.25, -0.2) is 0 Å². The highest BCUT2D eigenvalue weighted by molar-refractivity contribution is 7.26. The van der Waals surface area contributed by atoms with Gasteiger partial charge < -0.3 is 9.32 Å². The summed E-state index contributed by atoms with van der Waals surface area (Å²) in [6.07, 6.45) is 5.34. The SMILES string of the molecule is C1=c2ccccc2=Cc2c(oc3cccc(-c4ccccc4N(c4ccccc4-c4ccccc4)c4cccc5c4sc4ccccc45)c23)C1. The van der Waals surface area contributed by atoms with Gasteiger partial charge in [0.25, 0.3) is 0 Å². The van der Waals surface area contributed by atoms with Gasteiger partial charge in [0.15, 0.2) is 0 Å². The molecule has 0 bridgehead atoms. The number of thiophene rings is 1. The van der Waals surface area contributed by atoms with E-state index in [9.17, 15) is 0 Å². The van der Waals surface area contributed by atoms with Crippen LogP contribution in [0, 0.1) is 0 Å². The Kier molecular flexibility index (Phi) is 6.78. The van der Waals surface area contributed by atoms with Gasteiger partial charge in [0.2, 0.25) is 0 Å². The van der Waals surface area contributed by atoms with Crippen molar-refractivity contribution in [2.24, 2.45) is 0 Å². The molecule has 236 valence electrons. The van der Waals surface area contributed by atoms with Crippen molar-refractivity contribution < 1.29 is 4.42 Å². The van der Waals surface area contributed by atoms with Gasteiger partial charge in [0.1, 0.15) is 11.3 Å². The van der Waals surface area contributed by atoms with Crippen LogP contribution in [0.1, 0.15) is 11.3 Å². The maximum absolute atomic E-state index is 6.63. The van der Waals surface area contributed by atoms with Crippen molar-refractivity contribution in [3.8, 4) is 22.3 Å². The van der Waals surface area contributed by atoms with E-state index in [0.717, 1.165) is 56.9 Å². The Morgan fingerprint density at radius 2 is 1.14 bits per heavy atom. The van der Waals surface area contributed by atoms with Crippen molar-refractivity contribution in [1.82, 2.24) is 0 Å². The molecule has 1 aliphatic rings. The molecule has 0 fully saturated rings. The fourth-order valence-corrected chi connectivity index (χ4v) is 8.87. The van der Waals surface area contributed by atoms with Gasteiger partial charge in [-0.1, -0.05) is 140 Å². The maximum Gasteiger partial charge on any atom is 0.135 e. The van der Waals surface area contributed by atoms with E-state index < -0.39 is 0 Å². The van der Waals surface area contributed by atoms with Crippen LogP contribution in [0.15, 0.2) is 168 Å². The summed E-state index contributed by atoms with van der Waals surface area (Å²) in [4.78, 5) is 2.49. The quantitative estimate of drug-likeness (QED) is 0.183. The standard InChI is InChI=1S/C47H31NOS/c1-2-15-32(16-3-1)34-18-6-9-23-40(34)48(42-25-12-22-38-36-20-8-11-27-45(36)50-47(38)42)41-24-10-7-19-35(41)37-21-13-26-44-46(37)39-30-33-17-5-4-14-31(33)28-29-43(39)49-44/h1-28,30H,29H2. The zero-order chi connectivity index (χ0) is 33.0. The summed E-state index contributed by atoms with van der Waals surface area (Å²) in [7, 11) is 0. The van der Waals surface area contributed by atoms with Crippen molar-refractivity contribution in [3.05, 3.63) is 186 Å². The zero-order valence-corrected chi connectivity index (χ0v) is 28.0. The molecule has 9 aromatic rings. The van der Waals surface area contributed by atoms with Crippen LogP contribution in [0.3, 0.4) is 0 Å². The van der Waals surface area contributed by atoms with Gasteiger partial charge in [-0.15, -0.1) is 11.3 Å². The van der Waals surface area contributed by atoms with E-state index in [-0.39, 0.29) is 0 Å². The van der Waals surface area contributed by atoms with E-state index in [2.05, 4.69) is 181 Å². The molecule has 0 atom stereocenters. The Morgan fingerprint density at radius 1 is 0.500 bits per heavy atom. The van der Waals surface area contributed by atoms with Crippen LogP contribution in [0.5, 0.6) is 0 Å². The van der Waals surface area contributed by atoms with Crippen molar-refractivity contribution in [2.45, 2.75) is 6.42 Å². The maximum atomic E-state index is 6.63. The second-order valence-electron chi connectivity index (χ2n) is 12.8. The van der Waals surface area contributed by atoms with E-state index in [1.807, 2.05) is 11.3 Å². The summed E-state index contributed by atoms with van der Waals surface area (Å²) in [6.45, 7) is 0. The Morgan fingerprint density at radius 3 is 2.02 bits per heavy atom. The van der Waals surface area contributed by atoms with Gasteiger partial charge in [-0.05, 0) is 58.0 Å². The molecule has 0 radical (unpaired) electrons.